The van der Waals surface area contributed by atoms with Crippen LogP contribution in [-0.4, -0.2) is 37.6 Å². The van der Waals surface area contributed by atoms with Gasteiger partial charge in [0.05, 0.1) is 0 Å². The van der Waals surface area contributed by atoms with E-state index in [1.807, 2.05) is 0 Å². The molecule has 1 saturated heterocycles. The van der Waals surface area contributed by atoms with E-state index >= 15 is 0 Å². The van der Waals surface area contributed by atoms with E-state index in [0.29, 0.717) is 0 Å². The van der Waals surface area contributed by atoms with Gasteiger partial charge in [-0.15, -0.1) is 0 Å². The quantitative estimate of drug-likeness (QED) is 0.839. The van der Waals surface area contributed by atoms with Gasteiger partial charge in [-0.05, 0) is 76.0 Å². The Kier molecular flexibility index (Phi) is 5.70. The Morgan fingerprint density at radius 1 is 1.11 bits per heavy atom. The van der Waals surface area contributed by atoms with Crippen molar-refractivity contribution in [1.82, 2.24) is 10.2 Å². The van der Waals surface area contributed by atoms with Crippen LogP contribution in [0.25, 0.3) is 0 Å². The number of rotatable bonds is 4. The van der Waals surface area contributed by atoms with Gasteiger partial charge >= 0.3 is 0 Å². The zero-order valence-electron chi connectivity index (χ0n) is 13.5. The van der Waals surface area contributed by atoms with Crippen molar-refractivity contribution in [1.29, 1.82) is 0 Å². The maximum Gasteiger partial charge on any atom is 0.0128 e. The monoisotopic (exact) mass is 266 g/mol. The van der Waals surface area contributed by atoms with Gasteiger partial charge in [0.1, 0.15) is 0 Å². The number of nitrogens with one attached hydrogen (secondary N) is 1. The highest BCUT2D eigenvalue weighted by Crippen LogP contribution is 2.37. The largest absolute Gasteiger partial charge is 0.319 e. The van der Waals surface area contributed by atoms with Gasteiger partial charge in [-0.2, -0.15) is 0 Å². The van der Waals surface area contributed by atoms with Crippen molar-refractivity contribution in [2.75, 3.05) is 26.7 Å². The fourth-order valence-electron chi connectivity index (χ4n) is 4.35. The summed E-state index contributed by atoms with van der Waals surface area (Å²) in [6, 6.07) is 0.874. The first-order chi connectivity index (χ1) is 9.11. The molecule has 1 saturated carbocycles. The Bertz CT molecular complexity index is 256. The first-order valence-electron chi connectivity index (χ1n) is 8.50. The standard InChI is InChI=1S/C17H34N2/c1-13(2)16-6-5-14(3)11-17(16)19-9-7-15(8-10-19)12-18-4/h13-18H,5-12H2,1-4H3. The minimum atomic E-state index is 0.854. The first kappa shape index (κ1) is 15.3. The molecule has 2 fully saturated rings. The van der Waals surface area contributed by atoms with Crippen LogP contribution in [0.3, 0.4) is 0 Å². The van der Waals surface area contributed by atoms with Crippen LogP contribution in [0, 0.1) is 23.7 Å². The van der Waals surface area contributed by atoms with E-state index in [1.54, 1.807) is 0 Å². The number of piperidine rings is 1. The molecule has 1 N–H and O–H groups in total. The molecule has 112 valence electrons. The maximum absolute atomic E-state index is 3.35. The highest BCUT2D eigenvalue weighted by atomic mass is 15.2. The molecule has 1 aliphatic carbocycles. The molecule has 0 amide bonds. The van der Waals surface area contributed by atoms with Crippen LogP contribution in [0.5, 0.6) is 0 Å². The molecule has 2 rings (SSSR count). The Hall–Kier alpha value is -0.0800. The van der Waals surface area contributed by atoms with Crippen LogP contribution in [0.1, 0.15) is 52.9 Å². The van der Waals surface area contributed by atoms with Crippen molar-refractivity contribution in [3.63, 3.8) is 0 Å². The van der Waals surface area contributed by atoms with Gasteiger partial charge in [-0.25, -0.2) is 0 Å². The van der Waals surface area contributed by atoms with Gasteiger partial charge in [0.2, 0.25) is 0 Å². The van der Waals surface area contributed by atoms with Crippen molar-refractivity contribution in [3.05, 3.63) is 0 Å². The molecule has 0 aromatic carbocycles. The van der Waals surface area contributed by atoms with Crippen LogP contribution in [0.2, 0.25) is 0 Å². The van der Waals surface area contributed by atoms with E-state index < -0.39 is 0 Å². The predicted octanol–water partition coefficient (Wildman–Crippen LogP) is 3.38. The van der Waals surface area contributed by atoms with Crippen LogP contribution >= 0.6 is 0 Å². The second kappa shape index (κ2) is 7.08. The van der Waals surface area contributed by atoms with Crippen LogP contribution in [-0.2, 0) is 0 Å². The normalized spacial score (nSPS) is 34.9. The SMILES string of the molecule is CNCC1CCN(C2CC(C)CCC2C(C)C)CC1. The highest BCUT2D eigenvalue weighted by molar-refractivity contribution is 4.89. The fraction of sp³-hybridized carbons (Fsp3) is 1.00. The van der Waals surface area contributed by atoms with Gasteiger partial charge < -0.3 is 10.2 Å². The Morgan fingerprint density at radius 3 is 2.37 bits per heavy atom. The maximum atomic E-state index is 3.35. The lowest BCUT2D eigenvalue weighted by molar-refractivity contribution is 0.0352. The second-order valence-corrected chi connectivity index (χ2v) is 7.43. The van der Waals surface area contributed by atoms with E-state index in [9.17, 15) is 0 Å². The third-order valence-electron chi connectivity index (χ3n) is 5.60. The lowest BCUT2D eigenvalue weighted by atomic mass is 9.73. The van der Waals surface area contributed by atoms with Crippen LogP contribution in [0.15, 0.2) is 0 Å². The van der Waals surface area contributed by atoms with E-state index in [4.69, 9.17) is 0 Å². The van der Waals surface area contributed by atoms with E-state index in [-0.39, 0.29) is 0 Å². The molecule has 1 aliphatic heterocycles. The van der Waals surface area contributed by atoms with Crippen LogP contribution in [0.4, 0.5) is 0 Å². The summed E-state index contributed by atoms with van der Waals surface area (Å²) < 4.78 is 0. The average molecular weight is 266 g/mol. The van der Waals surface area contributed by atoms with Gasteiger partial charge in [0, 0.05) is 6.04 Å². The molecule has 2 heteroatoms. The number of likely N-dealkylation sites (tertiary alicyclic amines) is 1. The summed E-state index contributed by atoms with van der Waals surface area (Å²) >= 11 is 0. The average Bonchev–Trinajstić information content (AvgIpc) is 2.39. The van der Waals surface area contributed by atoms with Gasteiger partial charge in [0.15, 0.2) is 0 Å². The van der Waals surface area contributed by atoms with Crippen molar-refractivity contribution < 1.29 is 0 Å². The Labute approximate surface area is 120 Å². The molecule has 0 aromatic heterocycles. The minimum absolute atomic E-state index is 0.854. The first-order valence-corrected chi connectivity index (χ1v) is 8.50. The fourth-order valence-corrected chi connectivity index (χ4v) is 4.35. The summed E-state index contributed by atoms with van der Waals surface area (Å²) in [6.45, 7) is 11.2. The molecule has 0 spiro atoms. The topological polar surface area (TPSA) is 15.3 Å². The number of hydrogen-bond acceptors (Lipinski definition) is 2. The minimum Gasteiger partial charge on any atom is -0.319 e. The summed E-state index contributed by atoms with van der Waals surface area (Å²) in [5, 5.41) is 3.35. The van der Waals surface area contributed by atoms with Gasteiger partial charge in [0.25, 0.3) is 0 Å². The number of nitrogens with zero attached hydrogens (tertiary/aromatic N) is 1. The molecule has 2 aliphatic rings. The molecule has 0 bridgehead atoms. The lowest BCUT2D eigenvalue weighted by Gasteiger charge is -2.46. The Balaban J connectivity index is 1.91. The van der Waals surface area contributed by atoms with E-state index in [2.05, 4.69) is 38.0 Å². The predicted molar refractivity (Wildman–Crippen MR) is 83.4 cm³/mol. The summed E-state index contributed by atoms with van der Waals surface area (Å²) in [5.41, 5.74) is 0. The highest BCUT2D eigenvalue weighted by Gasteiger charge is 2.35. The molecule has 1 heterocycles. The van der Waals surface area contributed by atoms with Crippen molar-refractivity contribution in [3.8, 4) is 0 Å². The van der Waals surface area contributed by atoms with E-state index in [1.165, 1.54) is 51.7 Å². The molecule has 3 unspecified atom stereocenters. The second-order valence-electron chi connectivity index (χ2n) is 7.43. The van der Waals surface area contributed by atoms with E-state index in [0.717, 1.165) is 29.7 Å². The Morgan fingerprint density at radius 2 is 1.79 bits per heavy atom. The molecule has 3 atom stereocenters. The summed E-state index contributed by atoms with van der Waals surface area (Å²) in [7, 11) is 2.09. The lowest BCUT2D eigenvalue weighted by Crippen LogP contribution is -2.49. The molecular formula is C17H34N2. The zero-order chi connectivity index (χ0) is 13.8. The molecular weight excluding hydrogens is 232 g/mol. The van der Waals surface area contributed by atoms with Crippen molar-refractivity contribution >= 4 is 0 Å². The third-order valence-corrected chi connectivity index (χ3v) is 5.60. The van der Waals surface area contributed by atoms with Gasteiger partial charge in [-0.1, -0.05) is 27.2 Å². The zero-order valence-corrected chi connectivity index (χ0v) is 13.5. The van der Waals surface area contributed by atoms with Crippen LogP contribution < -0.4 is 5.32 Å². The van der Waals surface area contributed by atoms with Crippen molar-refractivity contribution in [2.24, 2.45) is 23.7 Å². The van der Waals surface area contributed by atoms with Gasteiger partial charge in [-0.3, -0.25) is 0 Å². The third kappa shape index (κ3) is 3.95. The van der Waals surface area contributed by atoms with Crippen molar-refractivity contribution in [2.45, 2.75) is 58.9 Å². The molecule has 0 aromatic rings. The smallest absolute Gasteiger partial charge is 0.0128 e. The summed E-state index contributed by atoms with van der Waals surface area (Å²) in [5.74, 6) is 3.65. The number of hydrogen-bond donors (Lipinski definition) is 1. The summed E-state index contributed by atoms with van der Waals surface area (Å²) in [6.07, 6.45) is 7.15. The summed E-state index contributed by atoms with van der Waals surface area (Å²) in [4.78, 5) is 2.84. The molecule has 19 heavy (non-hydrogen) atoms. The molecule has 2 nitrogen and oxygen atoms in total. The molecule has 0 radical (unpaired) electrons.